The van der Waals surface area contributed by atoms with Crippen molar-refractivity contribution in [1.82, 2.24) is 24.5 Å². The quantitative estimate of drug-likeness (QED) is 0.116. The van der Waals surface area contributed by atoms with Crippen LogP contribution in [0.25, 0.3) is 17.0 Å². The summed E-state index contributed by atoms with van der Waals surface area (Å²) >= 11 is 0. The van der Waals surface area contributed by atoms with Gasteiger partial charge in [-0.15, -0.1) is 0 Å². The van der Waals surface area contributed by atoms with Crippen LogP contribution in [0.5, 0.6) is 28.7 Å². The van der Waals surface area contributed by atoms with Crippen LogP contribution in [0, 0.1) is 0 Å². The predicted octanol–water partition coefficient (Wildman–Crippen LogP) is 7.77. The number of nitrogens with one attached hydrogen (secondary N) is 3. The third-order valence-electron chi connectivity index (χ3n) is 7.71. The summed E-state index contributed by atoms with van der Waals surface area (Å²) in [5.74, 6) is 3.56. The lowest BCUT2D eigenvalue weighted by molar-refractivity contribution is 0.102. The molecule has 0 aliphatic heterocycles. The van der Waals surface area contributed by atoms with Gasteiger partial charge in [-0.1, -0.05) is 36.4 Å². The van der Waals surface area contributed by atoms with Crippen LogP contribution in [-0.4, -0.2) is 51.7 Å². The zero-order chi connectivity index (χ0) is 35.2. The summed E-state index contributed by atoms with van der Waals surface area (Å²) in [5.41, 5.74) is 3.81. The highest BCUT2D eigenvalue weighted by molar-refractivity contribution is 6.05. The van der Waals surface area contributed by atoms with Crippen LogP contribution in [0.3, 0.4) is 0 Å². The summed E-state index contributed by atoms with van der Waals surface area (Å²) in [6.07, 6.45) is 1.41. The molecule has 13 nitrogen and oxygen atoms in total. The molecule has 5 aromatic carbocycles. The van der Waals surface area contributed by atoms with Crippen LogP contribution in [0.4, 0.5) is 29.0 Å². The van der Waals surface area contributed by atoms with Gasteiger partial charge in [0.1, 0.15) is 17.8 Å². The molecular weight excluding hydrogens is 648 g/mol. The maximum atomic E-state index is 13.3. The Morgan fingerprint density at radius 3 is 2.12 bits per heavy atom. The van der Waals surface area contributed by atoms with E-state index < -0.39 is 0 Å². The van der Waals surface area contributed by atoms with E-state index in [1.165, 1.54) is 6.33 Å². The van der Waals surface area contributed by atoms with Crippen molar-refractivity contribution < 1.29 is 23.7 Å². The molecule has 7 rings (SSSR count). The first-order chi connectivity index (χ1) is 25.0. The molecule has 2 aromatic heterocycles. The van der Waals surface area contributed by atoms with Crippen molar-refractivity contribution in [3.63, 3.8) is 0 Å². The standard InChI is InChI=1S/C38H32N8O5/c1-48-32-21-27(22-33(49-2)34(32)50-3)42-36-39-23-40-37(45-36)46-31-15-8-7-14-30(31)44-38(46)43-26-11-9-10-24(20-26)35(47)41-25-16-18-29(19-17-25)51-28-12-5-4-6-13-28/h4-23H,1-3H3,(H,41,47)(H,43,44)(H,39,40,42,45). The highest BCUT2D eigenvalue weighted by Gasteiger charge is 2.18. The summed E-state index contributed by atoms with van der Waals surface area (Å²) in [5, 5.41) is 9.49. The van der Waals surface area contributed by atoms with Crippen LogP contribution in [0.15, 0.2) is 122 Å². The van der Waals surface area contributed by atoms with E-state index in [1.807, 2.05) is 60.7 Å². The van der Waals surface area contributed by atoms with Gasteiger partial charge in [0.15, 0.2) is 11.5 Å². The minimum atomic E-state index is -0.274. The number of methoxy groups -OCH3 is 3. The molecule has 51 heavy (non-hydrogen) atoms. The summed E-state index contributed by atoms with van der Waals surface area (Å²) in [4.78, 5) is 31.6. The molecule has 0 atom stereocenters. The average molecular weight is 681 g/mol. The van der Waals surface area contributed by atoms with Crippen LogP contribution in [0.1, 0.15) is 10.4 Å². The lowest BCUT2D eigenvalue weighted by Gasteiger charge is -2.15. The zero-order valence-electron chi connectivity index (χ0n) is 27.8. The van der Waals surface area contributed by atoms with E-state index in [2.05, 4.69) is 25.9 Å². The lowest BCUT2D eigenvalue weighted by Crippen LogP contribution is -2.12. The Labute approximate surface area is 292 Å². The van der Waals surface area contributed by atoms with Gasteiger partial charge in [-0.2, -0.15) is 4.98 Å². The Morgan fingerprint density at radius 2 is 1.37 bits per heavy atom. The number of carbonyl (C=O) groups is 1. The first kappa shape index (κ1) is 32.4. The highest BCUT2D eigenvalue weighted by atomic mass is 16.5. The number of amides is 1. The zero-order valence-corrected chi connectivity index (χ0v) is 27.8. The molecule has 0 unspecified atom stereocenters. The molecule has 0 aliphatic rings. The maximum absolute atomic E-state index is 13.3. The van der Waals surface area contributed by atoms with E-state index in [-0.39, 0.29) is 11.9 Å². The van der Waals surface area contributed by atoms with E-state index in [4.69, 9.17) is 28.9 Å². The normalized spacial score (nSPS) is 10.7. The number of nitrogens with zero attached hydrogens (tertiary/aromatic N) is 5. The predicted molar refractivity (Wildman–Crippen MR) is 194 cm³/mol. The Bertz CT molecular complexity index is 2290. The number of imidazole rings is 1. The molecule has 0 aliphatic carbocycles. The monoisotopic (exact) mass is 680 g/mol. The van der Waals surface area contributed by atoms with Gasteiger partial charge in [-0.25, -0.2) is 19.5 Å². The van der Waals surface area contributed by atoms with Gasteiger partial charge < -0.3 is 34.9 Å². The number of rotatable bonds is 12. The van der Waals surface area contributed by atoms with Crippen molar-refractivity contribution in [2.24, 2.45) is 0 Å². The number of hydrogen-bond acceptors (Lipinski definition) is 11. The van der Waals surface area contributed by atoms with Crippen LogP contribution in [-0.2, 0) is 0 Å². The van der Waals surface area contributed by atoms with E-state index in [1.54, 1.807) is 80.5 Å². The fourth-order valence-electron chi connectivity index (χ4n) is 5.35. The van der Waals surface area contributed by atoms with E-state index in [0.29, 0.717) is 63.0 Å². The Hall–Kier alpha value is -7.15. The number of anilines is 5. The van der Waals surface area contributed by atoms with Gasteiger partial charge in [-0.05, 0) is 66.7 Å². The van der Waals surface area contributed by atoms with E-state index in [0.717, 1.165) is 11.3 Å². The molecule has 13 heteroatoms. The summed E-state index contributed by atoms with van der Waals surface area (Å²) in [6, 6.07) is 35.0. The molecule has 0 radical (unpaired) electrons. The van der Waals surface area contributed by atoms with E-state index in [9.17, 15) is 4.79 Å². The Morgan fingerprint density at radius 1 is 0.647 bits per heavy atom. The topological polar surface area (TPSA) is 147 Å². The van der Waals surface area contributed by atoms with Gasteiger partial charge in [-0.3, -0.25) is 4.79 Å². The molecule has 0 spiro atoms. The number of carbonyl (C=O) groups excluding carboxylic acids is 1. The fourth-order valence-corrected chi connectivity index (χ4v) is 5.35. The van der Waals surface area contributed by atoms with Crippen molar-refractivity contribution in [2.45, 2.75) is 0 Å². The molecule has 3 N–H and O–H groups in total. The molecule has 2 heterocycles. The molecule has 1 amide bonds. The fraction of sp³-hybridized carbons (Fsp3) is 0.0789. The second kappa shape index (κ2) is 14.5. The minimum absolute atomic E-state index is 0.274. The van der Waals surface area contributed by atoms with Crippen molar-refractivity contribution >= 4 is 45.9 Å². The first-order valence-electron chi connectivity index (χ1n) is 15.8. The van der Waals surface area contributed by atoms with Crippen molar-refractivity contribution in [3.05, 3.63) is 127 Å². The Kier molecular flexibility index (Phi) is 9.24. The molecular formula is C38H32N8O5. The summed E-state index contributed by atoms with van der Waals surface area (Å²) in [6.45, 7) is 0. The number of hydrogen-bond donors (Lipinski definition) is 3. The minimum Gasteiger partial charge on any atom is -0.493 e. The molecule has 7 aromatic rings. The van der Waals surface area contributed by atoms with E-state index >= 15 is 0 Å². The summed E-state index contributed by atoms with van der Waals surface area (Å²) < 4.78 is 24.1. The van der Waals surface area contributed by atoms with Crippen molar-refractivity contribution in [3.8, 4) is 34.7 Å². The molecule has 0 saturated heterocycles. The third kappa shape index (κ3) is 7.17. The van der Waals surface area contributed by atoms with Crippen LogP contribution >= 0.6 is 0 Å². The first-order valence-corrected chi connectivity index (χ1v) is 15.8. The number of para-hydroxylation sites is 3. The van der Waals surface area contributed by atoms with Crippen molar-refractivity contribution in [1.29, 1.82) is 0 Å². The Balaban J connectivity index is 1.12. The smallest absolute Gasteiger partial charge is 0.255 e. The molecule has 0 fully saturated rings. The average Bonchev–Trinajstić information content (AvgIpc) is 3.53. The van der Waals surface area contributed by atoms with Crippen LogP contribution in [0.2, 0.25) is 0 Å². The molecule has 0 bridgehead atoms. The largest absolute Gasteiger partial charge is 0.493 e. The second-order valence-electron chi connectivity index (χ2n) is 11.0. The van der Waals surface area contributed by atoms with Crippen molar-refractivity contribution in [2.75, 3.05) is 37.3 Å². The lowest BCUT2D eigenvalue weighted by atomic mass is 10.2. The number of benzene rings is 5. The SMILES string of the molecule is COc1cc(Nc2ncnc(-n3c(Nc4cccc(C(=O)Nc5ccc(Oc6ccccc6)cc5)c4)nc4ccccc43)n2)cc(OC)c1OC. The molecule has 254 valence electrons. The van der Waals surface area contributed by atoms with Gasteiger partial charge in [0.2, 0.25) is 23.6 Å². The number of aromatic nitrogens is 5. The van der Waals surface area contributed by atoms with Gasteiger partial charge in [0, 0.05) is 34.8 Å². The second-order valence-corrected chi connectivity index (χ2v) is 11.0. The maximum Gasteiger partial charge on any atom is 0.255 e. The van der Waals surface area contributed by atoms with Gasteiger partial charge in [0.05, 0.1) is 32.4 Å². The third-order valence-corrected chi connectivity index (χ3v) is 7.71. The number of ether oxygens (including phenoxy) is 4. The van der Waals surface area contributed by atoms with Gasteiger partial charge >= 0.3 is 0 Å². The number of fused-ring (bicyclic) bond motifs is 1. The molecule has 0 saturated carbocycles. The summed E-state index contributed by atoms with van der Waals surface area (Å²) in [7, 11) is 4.63. The van der Waals surface area contributed by atoms with Gasteiger partial charge in [0.25, 0.3) is 5.91 Å². The van der Waals surface area contributed by atoms with Crippen LogP contribution < -0.4 is 34.9 Å². The highest BCUT2D eigenvalue weighted by Crippen LogP contribution is 2.40.